The predicted octanol–water partition coefficient (Wildman–Crippen LogP) is 2.72. The van der Waals surface area contributed by atoms with Crippen LogP contribution in [0.2, 0.25) is 0 Å². The van der Waals surface area contributed by atoms with Gasteiger partial charge < -0.3 is 14.7 Å². The van der Waals surface area contributed by atoms with Crippen molar-refractivity contribution in [3.63, 3.8) is 0 Å². The molecule has 25 heavy (non-hydrogen) atoms. The number of aryl methyl sites for hydroxylation is 2. The Kier molecular flexibility index (Phi) is 5.02. The summed E-state index contributed by atoms with van der Waals surface area (Å²) >= 11 is 0. The molecule has 1 aliphatic rings. The third-order valence-corrected chi connectivity index (χ3v) is 4.29. The van der Waals surface area contributed by atoms with Gasteiger partial charge in [0.1, 0.15) is 5.76 Å². The number of carbonyl (C=O) groups is 2. The first kappa shape index (κ1) is 17.0. The molecular weight excluding hydrogens is 320 g/mol. The monoisotopic (exact) mass is 342 g/mol. The average Bonchev–Trinajstić information content (AvgIpc) is 3.00. The molecule has 1 aromatic heterocycles. The Morgan fingerprint density at radius 3 is 2.44 bits per heavy atom. The molecule has 7 heteroatoms. The summed E-state index contributed by atoms with van der Waals surface area (Å²) in [5, 5.41) is 9.28. The summed E-state index contributed by atoms with van der Waals surface area (Å²) in [6.07, 6.45) is 1.45. The molecule has 2 N–H and O–H groups in total. The van der Waals surface area contributed by atoms with E-state index in [9.17, 15) is 9.59 Å². The summed E-state index contributed by atoms with van der Waals surface area (Å²) in [7, 11) is 0. The van der Waals surface area contributed by atoms with Gasteiger partial charge in [0.05, 0.1) is 0 Å². The van der Waals surface area contributed by atoms with E-state index in [0.717, 1.165) is 18.4 Å². The fourth-order valence-corrected chi connectivity index (χ4v) is 2.87. The lowest BCUT2D eigenvalue weighted by atomic mass is 10.0. The summed E-state index contributed by atoms with van der Waals surface area (Å²) in [6, 6.07) is 8.98. The molecule has 0 unspecified atom stereocenters. The maximum atomic E-state index is 12.5. The van der Waals surface area contributed by atoms with Crippen LogP contribution in [0.1, 0.15) is 34.5 Å². The Labute approximate surface area is 146 Å². The number of amides is 3. The van der Waals surface area contributed by atoms with Crippen LogP contribution in [0.3, 0.4) is 0 Å². The first-order valence-corrected chi connectivity index (χ1v) is 8.38. The van der Waals surface area contributed by atoms with E-state index in [0.29, 0.717) is 30.2 Å². The largest absolute Gasteiger partial charge is 0.360 e. The van der Waals surface area contributed by atoms with Crippen molar-refractivity contribution in [2.45, 2.75) is 32.7 Å². The summed E-state index contributed by atoms with van der Waals surface area (Å²) in [5.74, 6) is 1.07. The Morgan fingerprint density at radius 1 is 1.16 bits per heavy atom. The average molecular weight is 342 g/mol. The first-order chi connectivity index (χ1) is 12.0. The highest BCUT2D eigenvalue weighted by Crippen LogP contribution is 2.15. The summed E-state index contributed by atoms with van der Waals surface area (Å²) < 4.78 is 4.91. The second kappa shape index (κ2) is 7.38. The van der Waals surface area contributed by atoms with Crippen LogP contribution >= 0.6 is 0 Å². The van der Waals surface area contributed by atoms with Crippen molar-refractivity contribution in [1.29, 1.82) is 0 Å². The fraction of sp³-hybridized carbons (Fsp3) is 0.389. The fourth-order valence-electron chi connectivity index (χ4n) is 2.87. The standard InChI is InChI=1S/C18H22N4O3/c1-12-3-5-14(6-4-12)17(23)22-9-7-15(8-10-22)19-18(24)20-16-11-13(2)25-21-16/h3-6,11,15H,7-10H2,1-2H3,(H2,19,20,21,24). The molecule has 2 aromatic rings. The maximum absolute atomic E-state index is 12.5. The summed E-state index contributed by atoms with van der Waals surface area (Å²) in [4.78, 5) is 26.3. The topological polar surface area (TPSA) is 87.5 Å². The van der Waals surface area contributed by atoms with Gasteiger partial charge in [-0.15, -0.1) is 0 Å². The van der Waals surface area contributed by atoms with Gasteiger partial charge in [-0.3, -0.25) is 10.1 Å². The smallest absolute Gasteiger partial charge is 0.320 e. The van der Waals surface area contributed by atoms with Crippen LogP contribution < -0.4 is 10.6 Å². The predicted molar refractivity (Wildman–Crippen MR) is 93.5 cm³/mol. The highest BCUT2D eigenvalue weighted by atomic mass is 16.5. The number of carbonyl (C=O) groups excluding carboxylic acids is 2. The third kappa shape index (κ3) is 4.37. The van der Waals surface area contributed by atoms with Crippen molar-refractivity contribution in [3.8, 4) is 0 Å². The third-order valence-electron chi connectivity index (χ3n) is 4.29. The van der Waals surface area contributed by atoms with E-state index < -0.39 is 0 Å². The number of nitrogens with zero attached hydrogens (tertiary/aromatic N) is 2. The van der Waals surface area contributed by atoms with E-state index in [1.165, 1.54) is 0 Å². The van der Waals surface area contributed by atoms with Crippen molar-refractivity contribution >= 4 is 17.8 Å². The molecule has 1 aliphatic heterocycles. The minimum absolute atomic E-state index is 0.0371. The molecule has 132 valence electrons. The number of hydrogen-bond donors (Lipinski definition) is 2. The van der Waals surface area contributed by atoms with Gasteiger partial charge in [0.25, 0.3) is 5.91 Å². The van der Waals surface area contributed by atoms with Crippen molar-refractivity contribution in [2.75, 3.05) is 18.4 Å². The van der Waals surface area contributed by atoms with Crippen LogP contribution in [-0.4, -0.2) is 41.1 Å². The zero-order valence-electron chi connectivity index (χ0n) is 14.4. The normalized spacial score (nSPS) is 15.0. The number of piperidine rings is 1. The molecule has 0 radical (unpaired) electrons. The molecule has 1 fully saturated rings. The van der Waals surface area contributed by atoms with E-state index in [2.05, 4.69) is 15.8 Å². The molecule has 0 bridgehead atoms. The number of benzene rings is 1. The van der Waals surface area contributed by atoms with Crippen LogP contribution in [0.25, 0.3) is 0 Å². The quantitative estimate of drug-likeness (QED) is 0.898. The Bertz CT molecular complexity index is 746. The molecule has 1 aromatic carbocycles. The second-order valence-electron chi connectivity index (χ2n) is 6.35. The lowest BCUT2D eigenvalue weighted by molar-refractivity contribution is 0.0709. The number of hydrogen-bond acceptors (Lipinski definition) is 4. The zero-order valence-corrected chi connectivity index (χ0v) is 14.4. The van der Waals surface area contributed by atoms with Gasteiger partial charge in [0, 0.05) is 30.8 Å². The first-order valence-electron chi connectivity index (χ1n) is 8.38. The molecule has 0 aliphatic carbocycles. The molecule has 2 heterocycles. The van der Waals surface area contributed by atoms with Crippen LogP contribution in [0.15, 0.2) is 34.9 Å². The van der Waals surface area contributed by atoms with E-state index in [4.69, 9.17) is 4.52 Å². The number of rotatable bonds is 3. The van der Waals surface area contributed by atoms with Crippen LogP contribution in [0.4, 0.5) is 10.6 Å². The van der Waals surface area contributed by atoms with Crippen LogP contribution in [0, 0.1) is 13.8 Å². The van der Waals surface area contributed by atoms with E-state index >= 15 is 0 Å². The summed E-state index contributed by atoms with van der Waals surface area (Å²) in [6.45, 7) is 5.01. The van der Waals surface area contributed by atoms with E-state index in [-0.39, 0.29) is 18.0 Å². The van der Waals surface area contributed by atoms with Gasteiger partial charge >= 0.3 is 6.03 Å². The number of anilines is 1. The summed E-state index contributed by atoms with van der Waals surface area (Å²) in [5.41, 5.74) is 1.84. The minimum Gasteiger partial charge on any atom is -0.360 e. The molecular formula is C18H22N4O3. The van der Waals surface area contributed by atoms with Crippen molar-refractivity contribution < 1.29 is 14.1 Å². The molecule has 0 saturated carbocycles. The number of aromatic nitrogens is 1. The lowest BCUT2D eigenvalue weighted by Gasteiger charge is -2.32. The van der Waals surface area contributed by atoms with Gasteiger partial charge in [-0.25, -0.2) is 4.79 Å². The minimum atomic E-state index is -0.309. The van der Waals surface area contributed by atoms with E-state index in [1.807, 2.05) is 36.1 Å². The molecule has 0 spiro atoms. The van der Waals surface area contributed by atoms with E-state index in [1.54, 1.807) is 13.0 Å². The zero-order chi connectivity index (χ0) is 17.8. The van der Waals surface area contributed by atoms with Gasteiger partial charge in [0.15, 0.2) is 5.82 Å². The number of urea groups is 1. The number of likely N-dealkylation sites (tertiary alicyclic amines) is 1. The van der Waals surface area contributed by atoms with Crippen LogP contribution in [-0.2, 0) is 0 Å². The van der Waals surface area contributed by atoms with Crippen molar-refractivity contribution in [1.82, 2.24) is 15.4 Å². The Morgan fingerprint density at radius 2 is 1.84 bits per heavy atom. The number of nitrogens with one attached hydrogen (secondary N) is 2. The Hall–Kier alpha value is -2.83. The molecule has 3 amide bonds. The molecule has 0 atom stereocenters. The van der Waals surface area contributed by atoms with Crippen LogP contribution in [0.5, 0.6) is 0 Å². The SMILES string of the molecule is Cc1ccc(C(=O)N2CCC(NC(=O)Nc3cc(C)on3)CC2)cc1. The van der Waals surface area contributed by atoms with Gasteiger partial charge in [-0.1, -0.05) is 22.9 Å². The Balaban J connectivity index is 1.47. The molecule has 7 nitrogen and oxygen atoms in total. The molecule has 3 rings (SSSR count). The molecule has 1 saturated heterocycles. The lowest BCUT2D eigenvalue weighted by Crippen LogP contribution is -2.47. The van der Waals surface area contributed by atoms with Crippen molar-refractivity contribution in [3.05, 3.63) is 47.2 Å². The highest BCUT2D eigenvalue weighted by molar-refractivity contribution is 5.94. The van der Waals surface area contributed by atoms with Gasteiger partial charge in [0.2, 0.25) is 0 Å². The maximum Gasteiger partial charge on any atom is 0.320 e. The van der Waals surface area contributed by atoms with Gasteiger partial charge in [-0.05, 0) is 38.8 Å². The second-order valence-corrected chi connectivity index (χ2v) is 6.35. The van der Waals surface area contributed by atoms with Crippen molar-refractivity contribution in [2.24, 2.45) is 0 Å². The van der Waals surface area contributed by atoms with Gasteiger partial charge in [-0.2, -0.15) is 0 Å². The highest BCUT2D eigenvalue weighted by Gasteiger charge is 2.24.